The van der Waals surface area contributed by atoms with E-state index in [1.165, 1.54) is 28.0 Å². The first-order valence-electron chi connectivity index (χ1n) is 10.6. The Bertz CT molecular complexity index is 946. The Kier molecular flexibility index (Phi) is 5.14. The molecule has 1 saturated heterocycles. The second-order valence-electron chi connectivity index (χ2n) is 8.23. The number of rotatable bonds is 3. The first-order valence-corrected chi connectivity index (χ1v) is 11.4. The first kappa shape index (κ1) is 18.8. The minimum atomic E-state index is -0.0308. The van der Waals surface area contributed by atoms with Crippen LogP contribution in [0, 0.1) is 5.92 Å². The Hall–Kier alpha value is -2.18. The van der Waals surface area contributed by atoms with Crippen LogP contribution in [0.25, 0.3) is 0 Å². The van der Waals surface area contributed by atoms with Crippen LogP contribution in [0.4, 0.5) is 5.69 Å². The summed E-state index contributed by atoms with van der Waals surface area (Å²) in [4.78, 5) is 29.6. The third-order valence-corrected chi connectivity index (χ3v) is 7.55. The molecule has 2 heterocycles. The summed E-state index contributed by atoms with van der Waals surface area (Å²) in [6.45, 7) is 2.55. The molecule has 1 N–H and O–H groups in total. The Morgan fingerprint density at radius 1 is 1.03 bits per heavy atom. The van der Waals surface area contributed by atoms with E-state index in [4.69, 9.17) is 4.74 Å². The minimum Gasteiger partial charge on any atom is -0.378 e. The van der Waals surface area contributed by atoms with Gasteiger partial charge >= 0.3 is 0 Å². The molecule has 5 nitrogen and oxygen atoms in total. The summed E-state index contributed by atoms with van der Waals surface area (Å²) in [6, 6.07) is 8.34. The van der Waals surface area contributed by atoms with Gasteiger partial charge in [-0.2, -0.15) is 0 Å². The van der Waals surface area contributed by atoms with Gasteiger partial charge in [0, 0.05) is 29.6 Å². The molecule has 1 aliphatic heterocycles. The van der Waals surface area contributed by atoms with E-state index in [-0.39, 0.29) is 17.7 Å². The highest BCUT2D eigenvalue weighted by Crippen LogP contribution is 2.34. The monoisotopic (exact) mass is 410 g/mol. The summed E-state index contributed by atoms with van der Waals surface area (Å²) >= 11 is 1.60. The third kappa shape index (κ3) is 3.83. The maximum atomic E-state index is 12.9. The van der Waals surface area contributed by atoms with Crippen LogP contribution < -0.4 is 5.32 Å². The largest absolute Gasteiger partial charge is 0.378 e. The van der Waals surface area contributed by atoms with Gasteiger partial charge in [0.05, 0.1) is 18.1 Å². The number of hydrogen-bond donors (Lipinski definition) is 1. The van der Waals surface area contributed by atoms with E-state index in [1.54, 1.807) is 11.3 Å². The lowest BCUT2D eigenvalue weighted by Gasteiger charge is -2.26. The molecule has 0 saturated carbocycles. The normalized spacial score (nSPS) is 20.8. The highest BCUT2D eigenvalue weighted by molar-refractivity contribution is 7.14. The number of nitrogens with one attached hydrogen (secondary N) is 1. The fourth-order valence-corrected chi connectivity index (χ4v) is 5.85. The van der Waals surface area contributed by atoms with Crippen LogP contribution in [0.3, 0.4) is 0 Å². The molecular weight excluding hydrogens is 384 g/mol. The SMILES string of the molecule is O=C(Nc1ccc2c(c1)CCC2)C1CCc2sc(C(=O)N3CCOCC3)cc2C1. The van der Waals surface area contributed by atoms with Gasteiger partial charge in [0.15, 0.2) is 0 Å². The number of morpholine rings is 1. The molecule has 3 aliphatic rings. The van der Waals surface area contributed by atoms with E-state index in [1.807, 2.05) is 17.0 Å². The molecule has 1 atom stereocenters. The summed E-state index contributed by atoms with van der Waals surface area (Å²) in [5.41, 5.74) is 4.88. The molecule has 29 heavy (non-hydrogen) atoms. The van der Waals surface area contributed by atoms with Crippen molar-refractivity contribution in [3.05, 3.63) is 50.7 Å². The molecule has 0 spiro atoms. The molecule has 1 aromatic carbocycles. The fourth-order valence-electron chi connectivity index (χ4n) is 4.67. The Balaban J connectivity index is 1.25. The van der Waals surface area contributed by atoms with Crippen molar-refractivity contribution in [2.45, 2.75) is 38.5 Å². The van der Waals surface area contributed by atoms with Crippen LogP contribution in [0.15, 0.2) is 24.3 Å². The number of ether oxygens (including phenoxy) is 1. The molecule has 152 valence electrons. The maximum absolute atomic E-state index is 12.9. The minimum absolute atomic E-state index is 0.0308. The van der Waals surface area contributed by atoms with Crippen molar-refractivity contribution < 1.29 is 14.3 Å². The van der Waals surface area contributed by atoms with Gasteiger partial charge in [-0.3, -0.25) is 9.59 Å². The molecule has 1 aromatic heterocycles. The predicted molar refractivity (Wildman–Crippen MR) is 114 cm³/mol. The summed E-state index contributed by atoms with van der Waals surface area (Å²) in [7, 11) is 0. The van der Waals surface area contributed by atoms with Gasteiger partial charge in [-0.15, -0.1) is 11.3 Å². The lowest BCUT2D eigenvalue weighted by atomic mass is 9.87. The number of amides is 2. The molecule has 0 bridgehead atoms. The van der Waals surface area contributed by atoms with Crippen LogP contribution in [0.1, 0.15) is 44.1 Å². The standard InChI is InChI=1S/C23H26N2O3S/c26-22(24-19-6-4-15-2-1-3-16(15)13-19)17-5-7-20-18(12-17)14-21(29-20)23(27)25-8-10-28-11-9-25/h4,6,13-14,17H,1-3,5,7-12H2,(H,24,26). The average Bonchev–Trinajstić information content (AvgIpc) is 3.39. The van der Waals surface area contributed by atoms with E-state index < -0.39 is 0 Å². The van der Waals surface area contributed by atoms with Crippen LogP contribution in [0.2, 0.25) is 0 Å². The fraction of sp³-hybridized carbons (Fsp3) is 0.478. The van der Waals surface area contributed by atoms with Crippen molar-refractivity contribution in [1.82, 2.24) is 4.90 Å². The summed E-state index contributed by atoms with van der Waals surface area (Å²) in [6.07, 6.45) is 5.91. The number of fused-ring (bicyclic) bond motifs is 2. The smallest absolute Gasteiger partial charge is 0.264 e. The van der Waals surface area contributed by atoms with Crippen LogP contribution in [0.5, 0.6) is 0 Å². The van der Waals surface area contributed by atoms with Crippen LogP contribution >= 0.6 is 11.3 Å². The zero-order valence-electron chi connectivity index (χ0n) is 16.5. The van der Waals surface area contributed by atoms with Gasteiger partial charge in [-0.25, -0.2) is 0 Å². The van der Waals surface area contributed by atoms with Crippen molar-refractivity contribution in [2.75, 3.05) is 31.6 Å². The van der Waals surface area contributed by atoms with Crippen LogP contribution in [-0.4, -0.2) is 43.0 Å². The van der Waals surface area contributed by atoms with E-state index >= 15 is 0 Å². The lowest BCUT2D eigenvalue weighted by Crippen LogP contribution is -2.40. The highest BCUT2D eigenvalue weighted by Gasteiger charge is 2.29. The van der Waals surface area contributed by atoms with Crippen molar-refractivity contribution in [3.8, 4) is 0 Å². The van der Waals surface area contributed by atoms with Crippen molar-refractivity contribution in [1.29, 1.82) is 0 Å². The average molecular weight is 411 g/mol. The van der Waals surface area contributed by atoms with E-state index in [0.29, 0.717) is 26.3 Å². The van der Waals surface area contributed by atoms with Gasteiger partial charge in [-0.05, 0) is 73.4 Å². The van der Waals surface area contributed by atoms with E-state index in [0.717, 1.165) is 42.7 Å². The van der Waals surface area contributed by atoms with Gasteiger partial charge in [0.2, 0.25) is 5.91 Å². The molecular formula is C23H26N2O3S. The molecule has 2 amide bonds. The van der Waals surface area contributed by atoms with Gasteiger partial charge in [-0.1, -0.05) is 6.07 Å². The molecule has 5 rings (SSSR count). The van der Waals surface area contributed by atoms with Gasteiger partial charge < -0.3 is 15.0 Å². The zero-order valence-corrected chi connectivity index (χ0v) is 17.4. The zero-order chi connectivity index (χ0) is 19.8. The molecule has 0 radical (unpaired) electrons. The summed E-state index contributed by atoms with van der Waals surface area (Å²) in [5, 5.41) is 3.13. The molecule has 1 unspecified atom stereocenters. The topological polar surface area (TPSA) is 58.6 Å². The highest BCUT2D eigenvalue weighted by atomic mass is 32.1. The van der Waals surface area contributed by atoms with E-state index in [9.17, 15) is 9.59 Å². The molecule has 6 heteroatoms. The number of carbonyl (C=O) groups is 2. The molecule has 2 aromatic rings. The predicted octanol–water partition coefficient (Wildman–Crippen LogP) is 3.45. The second kappa shape index (κ2) is 7.92. The lowest BCUT2D eigenvalue weighted by molar-refractivity contribution is -0.120. The van der Waals surface area contributed by atoms with Crippen molar-refractivity contribution in [2.24, 2.45) is 5.92 Å². The second-order valence-corrected chi connectivity index (χ2v) is 9.37. The number of anilines is 1. The molecule has 1 fully saturated rings. The van der Waals surface area contributed by atoms with Crippen molar-refractivity contribution in [3.63, 3.8) is 0 Å². The van der Waals surface area contributed by atoms with Crippen molar-refractivity contribution >= 4 is 28.8 Å². The number of nitrogens with zero attached hydrogens (tertiary/aromatic N) is 1. The first-order chi connectivity index (χ1) is 14.2. The Labute approximate surface area is 175 Å². The number of carbonyl (C=O) groups excluding carboxylic acids is 2. The van der Waals surface area contributed by atoms with Gasteiger partial charge in [0.1, 0.15) is 0 Å². The third-order valence-electron chi connectivity index (χ3n) is 6.33. The summed E-state index contributed by atoms with van der Waals surface area (Å²) in [5.74, 6) is 0.171. The maximum Gasteiger partial charge on any atom is 0.264 e. The summed E-state index contributed by atoms with van der Waals surface area (Å²) < 4.78 is 5.35. The van der Waals surface area contributed by atoms with Gasteiger partial charge in [0.25, 0.3) is 5.91 Å². The number of aryl methyl sites for hydroxylation is 3. The Morgan fingerprint density at radius 2 is 1.86 bits per heavy atom. The quantitative estimate of drug-likeness (QED) is 0.843. The number of thiophene rings is 1. The number of benzene rings is 1. The number of hydrogen-bond acceptors (Lipinski definition) is 4. The van der Waals surface area contributed by atoms with Crippen LogP contribution in [-0.2, 0) is 35.2 Å². The Morgan fingerprint density at radius 3 is 2.72 bits per heavy atom. The molecule has 2 aliphatic carbocycles. The van der Waals surface area contributed by atoms with E-state index in [2.05, 4.69) is 17.4 Å².